The third-order valence-electron chi connectivity index (χ3n) is 5.11. The van der Waals surface area contributed by atoms with Crippen LogP contribution in [0.25, 0.3) is 0 Å². The Labute approximate surface area is 161 Å². The number of hydrogen-bond donors (Lipinski definition) is 1. The molecular formula is C23H24ClNO. The van der Waals surface area contributed by atoms with E-state index in [1.54, 1.807) is 0 Å². The van der Waals surface area contributed by atoms with Gasteiger partial charge in [0, 0.05) is 12.0 Å². The molecule has 4 rings (SSSR count). The summed E-state index contributed by atoms with van der Waals surface area (Å²) in [7, 11) is 2.07. The molecule has 1 aliphatic rings. The molecule has 26 heavy (non-hydrogen) atoms. The fourth-order valence-corrected chi connectivity index (χ4v) is 3.81. The van der Waals surface area contributed by atoms with Crippen molar-refractivity contribution in [3.8, 4) is 11.5 Å². The molecule has 0 saturated carbocycles. The first-order valence-electron chi connectivity index (χ1n) is 8.90. The van der Waals surface area contributed by atoms with E-state index in [0.29, 0.717) is 12.0 Å². The molecule has 1 N–H and O–H groups in total. The van der Waals surface area contributed by atoms with E-state index in [-0.39, 0.29) is 12.4 Å². The molecule has 0 saturated heterocycles. The molecule has 0 fully saturated rings. The van der Waals surface area contributed by atoms with Gasteiger partial charge in [-0.3, -0.25) is 0 Å². The fraction of sp³-hybridized carbons (Fsp3) is 0.217. The zero-order valence-corrected chi connectivity index (χ0v) is 15.7. The topological polar surface area (TPSA) is 21.3 Å². The van der Waals surface area contributed by atoms with Crippen LogP contribution in [0.5, 0.6) is 11.5 Å². The minimum atomic E-state index is 0. The summed E-state index contributed by atoms with van der Waals surface area (Å²) in [5, 5.41) is 3.50. The summed E-state index contributed by atoms with van der Waals surface area (Å²) in [6.07, 6.45) is 2.17. The maximum absolute atomic E-state index is 5.89. The van der Waals surface area contributed by atoms with Crippen LogP contribution in [0.4, 0.5) is 0 Å². The molecule has 2 nitrogen and oxygen atoms in total. The van der Waals surface area contributed by atoms with E-state index >= 15 is 0 Å². The highest BCUT2D eigenvalue weighted by Crippen LogP contribution is 2.36. The zero-order valence-electron chi connectivity index (χ0n) is 14.9. The highest BCUT2D eigenvalue weighted by molar-refractivity contribution is 5.85. The van der Waals surface area contributed by atoms with Crippen molar-refractivity contribution in [3.05, 3.63) is 95.6 Å². The standard InChI is InChI=1S/C23H23NO.ClH/c1-24-23-16-18-7-5-6-10-21(18)22(23)15-17-11-13-20(14-12-17)25-19-8-3-2-4-9-19;/h2-14,22-24H,15-16H2,1H3;1H/t22-,23+;/m1./s1. The molecule has 2 atom stereocenters. The minimum absolute atomic E-state index is 0. The molecule has 134 valence electrons. The fourth-order valence-electron chi connectivity index (χ4n) is 3.81. The molecule has 0 aromatic heterocycles. The van der Waals surface area contributed by atoms with Crippen molar-refractivity contribution in [2.24, 2.45) is 0 Å². The van der Waals surface area contributed by atoms with E-state index in [1.165, 1.54) is 16.7 Å². The number of halogens is 1. The number of benzene rings is 3. The van der Waals surface area contributed by atoms with Crippen molar-refractivity contribution in [1.82, 2.24) is 5.32 Å². The molecule has 3 aromatic rings. The maximum Gasteiger partial charge on any atom is 0.127 e. The average Bonchev–Trinajstić information content (AvgIpc) is 3.02. The van der Waals surface area contributed by atoms with Crippen LogP contribution in [-0.2, 0) is 12.8 Å². The summed E-state index contributed by atoms with van der Waals surface area (Å²) in [6.45, 7) is 0. The molecular weight excluding hydrogens is 342 g/mol. The number of ether oxygens (including phenoxy) is 1. The summed E-state index contributed by atoms with van der Waals surface area (Å²) < 4.78 is 5.89. The van der Waals surface area contributed by atoms with Crippen LogP contribution in [0.1, 0.15) is 22.6 Å². The quantitative estimate of drug-likeness (QED) is 0.656. The van der Waals surface area contributed by atoms with Crippen LogP contribution in [0.2, 0.25) is 0 Å². The van der Waals surface area contributed by atoms with E-state index in [2.05, 4.69) is 60.9 Å². The molecule has 3 aromatic carbocycles. The van der Waals surface area contributed by atoms with Crippen LogP contribution in [0.3, 0.4) is 0 Å². The monoisotopic (exact) mass is 365 g/mol. The third-order valence-corrected chi connectivity index (χ3v) is 5.11. The molecule has 3 heteroatoms. The lowest BCUT2D eigenvalue weighted by molar-refractivity contribution is 0.480. The predicted octanol–water partition coefficient (Wildman–Crippen LogP) is 5.37. The number of nitrogens with one attached hydrogen (secondary N) is 1. The van der Waals surface area contributed by atoms with E-state index < -0.39 is 0 Å². The molecule has 1 aliphatic carbocycles. The summed E-state index contributed by atoms with van der Waals surface area (Å²) in [5.74, 6) is 2.28. The Morgan fingerprint density at radius 1 is 0.846 bits per heavy atom. The lowest BCUT2D eigenvalue weighted by Gasteiger charge is -2.20. The molecule has 0 radical (unpaired) electrons. The second-order valence-corrected chi connectivity index (χ2v) is 6.67. The summed E-state index contributed by atoms with van der Waals surface area (Å²) >= 11 is 0. The Bertz CT molecular complexity index is 832. The Hall–Kier alpha value is -2.29. The van der Waals surface area contributed by atoms with Gasteiger partial charge in [-0.1, -0.05) is 54.6 Å². The first-order valence-corrected chi connectivity index (χ1v) is 8.90. The van der Waals surface area contributed by atoms with Gasteiger partial charge in [-0.2, -0.15) is 0 Å². The van der Waals surface area contributed by atoms with Gasteiger partial charge in [-0.25, -0.2) is 0 Å². The molecule has 0 unspecified atom stereocenters. The molecule has 0 heterocycles. The van der Waals surface area contributed by atoms with Gasteiger partial charge in [0.1, 0.15) is 11.5 Å². The second kappa shape index (κ2) is 8.39. The molecule has 0 spiro atoms. The van der Waals surface area contributed by atoms with Crippen LogP contribution < -0.4 is 10.1 Å². The van der Waals surface area contributed by atoms with E-state index in [9.17, 15) is 0 Å². The molecule has 0 amide bonds. The van der Waals surface area contributed by atoms with Gasteiger partial charge in [0.15, 0.2) is 0 Å². The number of rotatable bonds is 5. The van der Waals surface area contributed by atoms with E-state index in [1.807, 2.05) is 30.3 Å². The number of hydrogen-bond acceptors (Lipinski definition) is 2. The van der Waals surface area contributed by atoms with Gasteiger partial charge < -0.3 is 10.1 Å². The third kappa shape index (κ3) is 3.92. The smallest absolute Gasteiger partial charge is 0.127 e. The lowest BCUT2D eigenvalue weighted by atomic mass is 9.91. The molecule has 0 bridgehead atoms. The average molecular weight is 366 g/mol. The first-order chi connectivity index (χ1) is 12.3. The van der Waals surface area contributed by atoms with Gasteiger partial charge >= 0.3 is 0 Å². The maximum atomic E-state index is 5.89. The van der Waals surface area contributed by atoms with Crippen LogP contribution in [0, 0.1) is 0 Å². The van der Waals surface area contributed by atoms with Crippen molar-refractivity contribution in [2.45, 2.75) is 24.8 Å². The Morgan fingerprint density at radius 2 is 1.50 bits per heavy atom. The van der Waals surface area contributed by atoms with Crippen LogP contribution >= 0.6 is 12.4 Å². The predicted molar refractivity (Wildman–Crippen MR) is 110 cm³/mol. The SMILES string of the molecule is CN[C@H]1Cc2ccccc2[C@H]1Cc1ccc(Oc2ccccc2)cc1.Cl. The van der Waals surface area contributed by atoms with Gasteiger partial charge in [-0.15, -0.1) is 12.4 Å². The number of para-hydroxylation sites is 1. The Morgan fingerprint density at radius 3 is 2.23 bits per heavy atom. The van der Waals surface area contributed by atoms with Gasteiger partial charge in [0.25, 0.3) is 0 Å². The Kier molecular flexibility index (Phi) is 5.97. The minimum Gasteiger partial charge on any atom is -0.457 e. The van der Waals surface area contributed by atoms with E-state index in [0.717, 1.165) is 24.3 Å². The zero-order chi connectivity index (χ0) is 17.1. The first kappa shape index (κ1) is 18.5. The van der Waals surface area contributed by atoms with E-state index in [4.69, 9.17) is 4.74 Å². The molecule has 0 aliphatic heterocycles. The number of likely N-dealkylation sites (N-methyl/N-ethyl adjacent to an activating group) is 1. The Balaban J connectivity index is 0.00000196. The van der Waals surface area contributed by atoms with Gasteiger partial charge in [0.2, 0.25) is 0 Å². The van der Waals surface area contributed by atoms with Gasteiger partial charge in [0.05, 0.1) is 0 Å². The van der Waals surface area contributed by atoms with Crippen molar-refractivity contribution >= 4 is 12.4 Å². The van der Waals surface area contributed by atoms with Crippen LogP contribution in [0.15, 0.2) is 78.9 Å². The van der Waals surface area contributed by atoms with Crippen molar-refractivity contribution < 1.29 is 4.74 Å². The van der Waals surface area contributed by atoms with Crippen molar-refractivity contribution in [3.63, 3.8) is 0 Å². The van der Waals surface area contributed by atoms with Crippen molar-refractivity contribution in [2.75, 3.05) is 7.05 Å². The van der Waals surface area contributed by atoms with Crippen LogP contribution in [-0.4, -0.2) is 13.1 Å². The summed E-state index contributed by atoms with van der Waals surface area (Å²) in [4.78, 5) is 0. The van der Waals surface area contributed by atoms with Gasteiger partial charge in [-0.05, 0) is 60.8 Å². The van der Waals surface area contributed by atoms with Crippen molar-refractivity contribution in [1.29, 1.82) is 0 Å². The second-order valence-electron chi connectivity index (χ2n) is 6.67. The summed E-state index contributed by atoms with van der Waals surface area (Å²) in [6, 6.07) is 27.8. The summed E-state index contributed by atoms with van der Waals surface area (Å²) in [5.41, 5.74) is 4.32. The largest absolute Gasteiger partial charge is 0.457 e. The highest BCUT2D eigenvalue weighted by Gasteiger charge is 2.30. The highest BCUT2D eigenvalue weighted by atomic mass is 35.5. The normalized spacial score (nSPS) is 18.0. The number of fused-ring (bicyclic) bond motifs is 1. The lowest BCUT2D eigenvalue weighted by Crippen LogP contribution is -2.30.